The topological polar surface area (TPSA) is 95.9 Å². The predicted molar refractivity (Wildman–Crippen MR) is 107 cm³/mol. The smallest absolute Gasteiger partial charge is 0.266 e. The molecule has 3 heterocycles. The van der Waals surface area contributed by atoms with Gasteiger partial charge in [0.25, 0.3) is 11.5 Å². The molecule has 3 rings (SSSR count). The van der Waals surface area contributed by atoms with Crippen LogP contribution in [0.15, 0.2) is 29.3 Å². The number of nitrogens with one attached hydrogen (secondary N) is 2. The van der Waals surface area contributed by atoms with E-state index in [0.29, 0.717) is 18.7 Å². The van der Waals surface area contributed by atoms with Gasteiger partial charge in [0.15, 0.2) is 0 Å². The highest BCUT2D eigenvalue weighted by Crippen LogP contribution is 2.19. The van der Waals surface area contributed by atoms with Crippen LogP contribution in [0.5, 0.6) is 0 Å². The van der Waals surface area contributed by atoms with Crippen LogP contribution in [0.3, 0.4) is 0 Å². The van der Waals surface area contributed by atoms with Crippen molar-refractivity contribution in [3.05, 3.63) is 46.1 Å². The number of rotatable bonds is 6. The summed E-state index contributed by atoms with van der Waals surface area (Å²) in [5.74, 6) is -0.116. The fraction of sp³-hybridized carbons (Fsp3) is 0.600. The van der Waals surface area contributed by atoms with E-state index in [1.807, 2.05) is 6.07 Å². The monoisotopic (exact) mass is 386 g/mol. The van der Waals surface area contributed by atoms with Gasteiger partial charge in [0, 0.05) is 36.8 Å². The van der Waals surface area contributed by atoms with Crippen LogP contribution in [0.1, 0.15) is 56.1 Å². The van der Waals surface area contributed by atoms with Crippen molar-refractivity contribution in [2.75, 3.05) is 19.6 Å². The van der Waals surface area contributed by atoms with E-state index >= 15 is 0 Å². The second kappa shape index (κ2) is 8.68. The molecule has 0 saturated carbocycles. The maximum Gasteiger partial charge on any atom is 0.266 e. The summed E-state index contributed by atoms with van der Waals surface area (Å²) in [6.45, 7) is 9.13. The lowest BCUT2D eigenvalue weighted by Crippen LogP contribution is -2.48. The number of hydrogen-bond donors (Lipinski definition) is 2. The number of H-pyrrole nitrogens is 1. The van der Waals surface area contributed by atoms with Gasteiger partial charge in [0.05, 0.1) is 24.0 Å². The molecule has 2 aromatic heterocycles. The Bertz CT molecular complexity index is 837. The number of likely N-dealkylation sites (tertiary alicyclic amines) is 1. The highest BCUT2D eigenvalue weighted by atomic mass is 16.1. The summed E-state index contributed by atoms with van der Waals surface area (Å²) in [4.78, 5) is 26.7. The molecule has 1 aliphatic heterocycles. The Kier molecular flexibility index (Phi) is 6.28. The Morgan fingerprint density at radius 2 is 2.11 bits per heavy atom. The SMILES string of the molecule is CC(C)(C)c1ccc(=O)n(CCN2CCCCC2CNC(=O)c2cn[nH]c2)n1. The molecule has 1 atom stereocenters. The Hall–Kier alpha value is -2.48. The van der Waals surface area contributed by atoms with E-state index in [0.717, 1.165) is 38.0 Å². The van der Waals surface area contributed by atoms with Gasteiger partial charge in [-0.15, -0.1) is 0 Å². The van der Waals surface area contributed by atoms with E-state index in [2.05, 4.69) is 46.3 Å². The number of aromatic nitrogens is 4. The number of aromatic amines is 1. The van der Waals surface area contributed by atoms with Gasteiger partial charge in [-0.1, -0.05) is 27.2 Å². The van der Waals surface area contributed by atoms with Crippen LogP contribution in [0.4, 0.5) is 0 Å². The van der Waals surface area contributed by atoms with E-state index in [1.165, 1.54) is 6.20 Å². The number of carbonyl (C=O) groups excluding carboxylic acids is 1. The first-order valence-corrected chi connectivity index (χ1v) is 9.94. The third kappa shape index (κ3) is 5.07. The summed E-state index contributed by atoms with van der Waals surface area (Å²) in [7, 11) is 0. The fourth-order valence-electron chi connectivity index (χ4n) is 3.51. The van der Waals surface area contributed by atoms with E-state index in [4.69, 9.17) is 0 Å². The van der Waals surface area contributed by atoms with Crippen LogP contribution in [0.25, 0.3) is 0 Å². The summed E-state index contributed by atoms with van der Waals surface area (Å²) in [6, 6.07) is 3.69. The number of nitrogens with zero attached hydrogens (tertiary/aromatic N) is 4. The van der Waals surface area contributed by atoms with Gasteiger partial charge < -0.3 is 5.32 Å². The zero-order valence-corrected chi connectivity index (χ0v) is 16.9. The lowest BCUT2D eigenvalue weighted by molar-refractivity contribution is 0.0909. The first kappa shape index (κ1) is 20.3. The Labute approximate surface area is 165 Å². The van der Waals surface area contributed by atoms with Crippen LogP contribution in [-0.4, -0.2) is 56.5 Å². The van der Waals surface area contributed by atoms with Gasteiger partial charge >= 0.3 is 0 Å². The molecule has 28 heavy (non-hydrogen) atoms. The molecule has 152 valence electrons. The van der Waals surface area contributed by atoms with Crippen LogP contribution in [0, 0.1) is 0 Å². The summed E-state index contributed by atoms with van der Waals surface area (Å²) < 4.78 is 1.57. The molecule has 0 bridgehead atoms. The van der Waals surface area contributed by atoms with Crippen LogP contribution in [0.2, 0.25) is 0 Å². The molecule has 1 aliphatic rings. The Morgan fingerprint density at radius 3 is 2.82 bits per heavy atom. The minimum absolute atomic E-state index is 0.0742. The molecule has 8 heteroatoms. The molecule has 8 nitrogen and oxygen atoms in total. The highest BCUT2D eigenvalue weighted by Gasteiger charge is 2.23. The van der Waals surface area contributed by atoms with Crippen molar-refractivity contribution in [2.45, 2.75) is 58.0 Å². The molecule has 1 saturated heterocycles. The van der Waals surface area contributed by atoms with E-state index in [9.17, 15) is 9.59 Å². The average Bonchev–Trinajstić information content (AvgIpc) is 3.20. The number of carbonyl (C=O) groups is 1. The lowest BCUT2D eigenvalue weighted by atomic mass is 9.92. The van der Waals surface area contributed by atoms with Gasteiger partial charge in [0.2, 0.25) is 0 Å². The summed E-state index contributed by atoms with van der Waals surface area (Å²) in [5, 5.41) is 14.0. The largest absolute Gasteiger partial charge is 0.350 e. The molecule has 2 N–H and O–H groups in total. The first-order chi connectivity index (χ1) is 13.3. The third-order valence-electron chi connectivity index (χ3n) is 5.24. The maximum atomic E-state index is 12.2. The number of amides is 1. The normalized spacial score (nSPS) is 18.2. The first-order valence-electron chi connectivity index (χ1n) is 9.94. The van der Waals surface area contributed by atoms with E-state index < -0.39 is 0 Å². The van der Waals surface area contributed by atoms with E-state index in [-0.39, 0.29) is 22.9 Å². The molecule has 0 spiro atoms. The van der Waals surface area contributed by atoms with Gasteiger partial charge in [-0.25, -0.2) is 4.68 Å². The van der Waals surface area contributed by atoms with Crippen molar-refractivity contribution < 1.29 is 4.79 Å². The molecular weight excluding hydrogens is 356 g/mol. The van der Waals surface area contributed by atoms with Gasteiger partial charge in [-0.05, 0) is 25.5 Å². The van der Waals surface area contributed by atoms with E-state index in [1.54, 1.807) is 16.9 Å². The number of hydrogen-bond acceptors (Lipinski definition) is 5. The van der Waals surface area contributed by atoms with Gasteiger partial charge in [-0.2, -0.15) is 10.2 Å². The van der Waals surface area contributed by atoms with Crippen LogP contribution >= 0.6 is 0 Å². The van der Waals surface area contributed by atoms with Crippen molar-refractivity contribution in [1.29, 1.82) is 0 Å². The zero-order chi connectivity index (χ0) is 20.1. The molecule has 1 fully saturated rings. The van der Waals surface area contributed by atoms with Gasteiger partial charge in [-0.3, -0.25) is 19.6 Å². The lowest BCUT2D eigenvalue weighted by Gasteiger charge is -2.35. The average molecular weight is 386 g/mol. The predicted octanol–water partition coefficient (Wildman–Crippen LogP) is 1.55. The summed E-state index contributed by atoms with van der Waals surface area (Å²) in [6.07, 6.45) is 6.44. The Morgan fingerprint density at radius 1 is 1.29 bits per heavy atom. The van der Waals surface area contributed by atoms with Gasteiger partial charge in [0.1, 0.15) is 0 Å². The summed E-state index contributed by atoms with van der Waals surface area (Å²) in [5.41, 5.74) is 1.28. The molecule has 0 aromatic carbocycles. The zero-order valence-electron chi connectivity index (χ0n) is 16.9. The van der Waals surface area contributed by atoms with Crippen LogP contribution in [-0.2, 0) is 12.0 Å². The molecular formula is C20H30N6O2. The summed E-state index contributed by atoms with van der Waals surface area (Å²) >= 11 is 0. The third-order valence-corrected chi connectivity index (χ3v) is 5.24. The standard InChI is InChI=1S/C20H30N6O2/c1-20(2,3)17-7-8-18(27)26(24-17)11-10-25-9-5-4-6-16(25)14-21-19(28)15-12-22-23-13-15/h7-8,12-13,16H,4-6,9-11,14H2,1-3H3,(H,21,28)(H,22,23). The quantitative estimate of drug-likeness (QED) is 0.785. The molecule has 1 amide bonds. The van der Waals surface area contributed by atoms with Crippen LogP contribution < -0.4 is 10.9 Å². The van der Waals surface area contributed by atoms with Crippen molar-refractivity contribution in [3.63, 3.8) is 0 Å². The Balaban J connectivity index is 1.60. The maximum absolute atomic E-state index is 12.2. The highest BCUT2D eigenvalue weighted by molar-refractivity contribution is 5.93. The fourth-order valence-corrected chi connectivity index (χ4v) is 3.51. The minimum Gasteiger partial charge on any atom is -0.350 e. The molecule has 0 aliphatic carbocycles. The molecule has 2 aromatic rings. The minimum atomic E-state index is -0.116. The van der Waals surface area contributed by atoms with Crippen molar-refractivity contribution >= 4 is 5.91 Å². The molecule has 1 unspecified atom stereocenters. The van der Waals surface area contributed by atoms with Crippen molar-refractivity contribution in [2.24, 2.45) is 0 Å². The van der Waals surface area contributed by atoms with Crippen molar-refractivity contribution in [3.8, 4) is 0 Å². The van der Waals surface area contributed by atoms with Crippen molar-refractivity contribution in [1.82, 2.24) is 30.2 Å². The second-order valence-corrected chi connectivity index (χ2v) is 8.41. The number of piperidine rings is 1. The second-order valence-electron chi connectivity index (χ2n) is 8.41. The molecule has 0 radical (unpaired) electrons.